The van der Waals surface area contributed by atoms with Gasteiger partial charge in [0.15, 0.2) is 0 Å². The molecule has 0 bridgehead atoms. The van der Waals surface area contributed by atoms with E-state index in [0.29, 0.717) is 6.42 Å². The van der Waals surface area contributed by atoms with Crippen LogP contribution in [0.3, 0.4) is 0 Å². The fraction of sp³-hybridized carbons (Fsp3) is 0.118. The van der Waals surface area contributed by atoms with Gasteiger partial charge in [0.25, 0.3) is 0 Å². The first-order valence-corrected chi connectivity index (χ1v) is 9.31. The minimum Gasteiger partial charge on any atom is -0.310 e. The number of benzene rings is 1. The molecule has 0 spiro atoms. The number of carbonyl (C=O) groups is 1. The van der Waals surface area contributed by atoms with Gasteiger partial charge in [0.2, 0.25) is 11.0 Å². The van der Waals surface area contributed by atoms with E-state index in [-0.39, 0.29) is 11.8 Å². The molecule has 5 nitrogen and oxygen atoms in total. The summed E-state index contributed by atoms with van der Waals surface area (Å²) in [6, 6.07) is 10.1. The number of hydrogen-bond donors (Lipinski definition) is 1. The van der Waals surface area contributed by atoms with Crippen LogP contribution in [-0.2, 0) is 4.79 Å². The lowest BCUT2D eigenvalue weighted by Crippen LogP contribution is -2.24. The zero-order chi connectivity index (χ0) is 16.1. The molecule has 4 heterocycles. The summed E-state index contributed by atoms with van der Waals surface area (Å²) in [6.45, 7) is 0. The van der Waals surface area contributed by atoms with E-state index in [2.05, 4.69) is 26.8 Å². The fourth-order valence-electron chi connectivity index (χ4n) is 3.09. The molecule has 1 aliphatic heterocycles. The molecule has 0 saturated heterocycles. The monoisotopic (exact) mass is 352 g/mol. The van der Waals surface area contributed by atoms with Crippen LogP contribution >= 0.6 is 22.7 Å². The lowest BCUT2D eigenvalue weighted by Gasteiger charge is -2.22. The molecule has 1 aliphatic rings. The molecule has 1 amide bonds. The first-order chi connectivity index (χ1) is 11.8. The third-order valence-electron chi connectivity index (χ3n) is 4.23. The first-order valence-electron chi connectivity index (χ1n) is 7.55. The van der Waals surface area contributed by atoms with Gasteiger partial charge in [-0.1, -0.05) is 23.5 Å². The van der Waals surface area contributed by atoms with E-state index >= 15 is 0 Å². The molecule has 4 aromatic rings. The number of nitrogens with one attached hydrogen (secondary N) is 1. The molecular weight excluding hydrogens is 340 g/mol. The molecular formula is C17H12N4OS2. The number of para-hydroxylation sites is 1. The van der Waals surface area contributed by atoms with E-state index in [1.165, 1.54) is 5.56 Å². The second-order valence-corrected chi connectivity index (χ2v) is 7.48. The third kappa shape index (κ3) is 2.09. The Morgan fingerprint density at radius 3 is 3.00 bits per heavy atom. The number of carbonyl (C=O) groups excluding carboxylic acids is 1. The molecule has 118 valence electrons. The predicted molar refractivity (Wildman–Crippen MR) is 96.2 cm³/mol. The lowest BCUT2D eigenvalue weighted by atomic mass is 9.89. The molecule has 0 aliphatic carbocycles. The highest BCUT2D eigenvalue weighted by Crippen LogP contribution is 2.39. The van der Waals surface area contributed by atoms with Crippen molar-refractivity contribution in [3.8, 4) is 5.13 Å². The quantitative estimate of drug-likeness (QED) is 0.593. The first kappa shape index (κ1) is 13.9. The smallest absolute Gasteiger partial charge is 0.226 e. The Hall–Kier alpha value is -2.51. The maximum absolute atomic E-state index is 12.2. The van der Waals surface area contributed by atoms with E-state index in [0.717, 1.165) is 26.7 Å². The van der Waals surface area contributed by atoms with Gasteiger partial charge in [-0.15, -0.1) is 0 Å². The van der Waals surface area contributed by atoms with Gasteiger partial charge in [0, 0.05) is 17.9 Å². The van der Waals surface area contributed by atoms with Crippen LogP contribution in [0.25, 0.3) is 15.3 Å². The Balaban J connectivity index is 1.66. The second-order valence-electron chi connectivity index (χ2n) is 5.69. The summed E-state index contributed by atoms with van der Waals surface area (Å²) in [5.74, 6) is 0.811. The van der Waals surface area contributed by atoms with E-state index in [1.54, 1.807) is 27.4 Å². The van der Waals surface area contributed by atoms with Crippen LogP contribution in [0.5, 0.6) is 0 Å². The molecule has 0 unspecified atom stereocenters. The van der Waals surface area contributed by atoms with Crippen LogP contribution in [0.15, 0.2) is 47.3 Å². The van der Waals surface area contributed by atoms with Gasteiger partial charge >= 0.3 is 0 Å². The highest BCUT2D eigenvalue weighted by atomic mass is 32.1. The van der Waals surface area contributed by atoms with Crippen molar-refractivity contribution in [2.45, 2.75) is 12.3 Å². The van der Waals surface area contributed by atoms with E-state index < -0.39 is 0 Å². The second kappa shape index (κ2) is 5.25. The summed E-state index contributed by atoms with van der Waals surface area (Å²) in [5, 5.41) is 12.4. The van der Waals surface area contributed by atoms with E-state index in [9.17, 15) is 4.79 Å². The molecule has 24 heavy (non-hydrogen) atoms. The largest absolute Gasteiger partial charge is 0.310 e. The van der Waals surface area contributed by atoms with E-state index in [1.807, 2.05) is 35.8 Å². The summed E-state index contributed by atoms with van der Waals surface area (Å²) < 4.78 is 2.85. The maximum Gasteiger partial charge on any atom is 0.226 e. The van der Waals surface area contributed by atoms with Gasteiger partial charge in [-0.05, 0) is 34.5 Å². The number of rotatable bonds is 2. The summed E-state index contributed by atoms with van der Waals surface area (Å²) in [6.07, 6.45) is 2.30. The van der Waals surface area contributed by atoms with Crippen LogP contribution in [0.1, 0.15) is 23.5 Å². The molecule has 5 rings (SSSR count). The van der Waals surface area contributed by atoms with Gasteiger partial charge in [0.05, 0.1) is 16.4 Å². The minimum absolute atomic E-state index is 0.0153. The normalized spacial score (nSPS) is 17.0. The molecule has 1 aromatic carbocycles. The Morgan fingerprint density at radius 1 is 1.25 bits per heavy atom. The van der Waals surface area contributed by atoms with Gasteiger partial charge < -0.3 is 5.32 Å². The average molecular weight is 352 g/mol. The van der Waals surface area contributed by atoms with Crippen molar-refractivity contribution in [3.05, 3.63) is 58.4 Å². The lowest BCUT2D eigenvalue weighted by molar-refractivity contribution is -0.116. The van der Waals surface area contributed by atoms with Crippen molar-refractivity contribution in [1.29, 1.82) is 0 Å². The summed E-state index contributed by atoms with van der Waals surface area (Å²) in [5.41, 5.74) is 3.16. The van der Waals surface area contributed by atoms with Crippen LogP contribution in [-0.4, -0.2) is 20.7 Å². The Labute approximate surface area is 145 Å². The van der Waals surface area contributed by atoms with Crippen molar-refractivity contribution in [2.24, 2.45) is 0 Å². The zero-order valence-corrected chi connectivity index (χ0v) is 14.1. The number of fused-ring (bicyclic) bond motifs is 2. The average Bonchev–Trinajstić information content (AvgIpc) is 3.32. The minimum atomic E-state index is 0.0153. The van der Waals surface area contributed by atoms with Crippen molar-refractivity contribution in [3.63, 3.8) is 0 Å². The number of thiophene rings is 1. The standard InChI is InChI=1S/C17H12N4OS2/c22-15-7-11(10-5-6-23-9-10)12-8-18-21(16(12)20-15)17-19-13-3-1-2-4-14(13)24-17/h1-6,8-9,11H,7H2,(H,20,22)/t11-/m0/s1. The number of amides is 1. The molecule has 1 atom stereocenters. The maximum atomic E-state index is 12.2. The third-order valence-corrected chi connectivity index (χ3v) is 5.94. The summed E-state index contributed by atoms with van der Waals surface area (Å²) >= 11 is 3.21. The summed E-state index contributed by atoms with van der Waals surface area (Å²) in [7, 11) is 0. The number of anilines is 1. The van der Waals surface area contributed by atoms with Crippen molar-refractivity contribution < 1.29 is 4.79 Å². The highest BCUT2D eigenvalue weighted by molar-refractivity contribution is 7.20. The van der Waals surface area contributed by atoms with Gasteiger partial charge in [0.1, 0.15) is 5.82 Å². The van der Waals surface area contributed by atoms with E-state index in [4.69, 9.17) is 0 Å². The predicted octanol–water partition coefficient (Wildman–Crippen LogP) is 4.02. The Morgan fingerprint density at radius 2 is 2.17 bits per heavy atom. The zero-order valence-electron chi connectivity index (χ0n) is 12.5. The number of aromatic nitrogens is 3. The van der Waals surface area contributed by atoms with Crippen LogP contribution in [0.2, 0.25) is 0 Å². The Kier molecular flexibility index (Phi) is 3.04. The van der Waals surface area contributed by atoms with Crippen molar-refractivity contribution >= 4 is 44.6 Å². The van der Waals surface area contributed by atoms with Crippen LogP contribution < -0.4 is 5.32 Å². The van der Waals surface area contributed by atoms with Crippen LogP contribution in [0, 0.1) is 0 Å². The molecule has 0 fully saturated rings. The fourth-order valence-corrected chi connectivity index (χ4v) is 4.73. The SMILES string of the molecule is O=C1C[C@@H](c2ccsc2)c2cnn(-c3nc4ccccc4s3)c2N1. The van der Waals surface area contributed by atoms with Crippen molar-refractivity contribution in [1.82, 2.24) is 14.8 Å². The Bertz CT molecular complexity index is 1010. The van der Waals surface area contributed by atoms with Crippen LogP contribution in [0.4, 0.5) is 5.82 Å². The van der Waals surface area contributed by atoms with Gasteiger partial charge in [-0.2, -0.15) is 21.1 Å². The molecule has 3 aromatic heterocycles. The molecule has 0 radical (unpaired) electrons. The summed E-state index contributed by atoms with van der Waals surface area (Å²) in [4.78, 5) is 16.9. The van der Waals surface area contributed by atoms with Gasteiger partial charge in [-0.3, -0.25) is 4.79 Å². The highest BCUT2D eigenvalue weighted by Gasteiger charge is 2.31. The van der Waals surface area contributed by atoms with Crippen molar-refractivity contribution in [2.75, 3.05) is 5.32 Å². The molecule has 7 heteroatoms. The molecule has 1 N–H and O–H groups in total. The van der Waals surface area contributed by atoms with Gasteiger partial charge in [-0.25, -0.2) is 4.98 Å². The number of thiazole rings is 1. The molecule has 0 saturated carbocycles. The topological polar surface area (TPSA) is 59.8 Å². The number of nitrogens with zero attached hydrogens (tertiary/aromatic N) is 3. The number of hydrogen-bond acceptors (Lipinski definition) is 5.